The molecule has 3 amide bonds. The first-order chi connectivity index (χ1) is 18.5. The van der Waals surface area contributed by atoms with Gasteiger partial charge >= 0.3 is 12.1 Å². The Morgan fingerprint density at radius 1 is 1.00 bits per heavy atom. The normalized spacial score (nSPS) is 13.1. The molecule has 218 valence electrons. The Bertz CT molecular complexity index is 1250. The van der Waals surface area contributed by atoms with Gasteiger partial charge in [-0.15, -0.1) is 0 Å². The third kappa shape index (κ3) is 9.12. The highest BCUT2D eigenvalue weighted by molar-refractivity contribution is 6.33. The Hall–Kier alpha value is -3.84. The molecule has 6 N–H and O–H groups in total. The Morgan fingerprint density at radius 3 is 2.25 bits per heavy atom. The summed E-state index contributed by atoms with van der Waals surface area (Å²) in [7, 11) is 0. The number of hydrogen-bond acceptors (Lipinski definition) is 7. The van der Waals surface area contributed by atoms with Crippen LogP contribution in [0.5, 0.6) is 0 Å². The van der Waals surface area contributed by atoms with Gasteiger partial charge in [0.15, 0.2) is 0 Å². The van der Waals surface area contributed by atoms with Crippen LogP contribution < -0.4 is 27.2 Å². The van der Waals surface area contributed by atoms with E-state index in [4.69, 9.17) is 22.1 Å². The lowest BCUT2D eigenvalue weighted by molar-refractivity contribution is -0.142. The molecular weight excluding hydrogens is 555 g/mol. The van der Waals surface area contributed by atoms with E-state index in [1.165, 1.54) is 24.3 Å². The molecule has 1 unspecified atom stereocenters. The molecule has 0 saturated heterocycles. The van der Waals surface area contributed by atoms with Crippen LogP contribution in [-0.2, 0) is 25.3 Å². The average molecular weight is 586 g/mol. The summed E-state index contributed by atoms with van der Waals surface area (Å²) < 4.78 is 44.9. The van der Waals surface area contributed by atoms with Gasteiger partial charge in [0.05, 0.1) is 22.9 Å². The van der Waals surface area contributed by atoms with E-state index in [1.807, 2.05) is 0 Å². The topological polar surface area (TPSA) is 152 Å². The molecule has 0 aliphatic carbocycles. The van der Waals surface area contributed by atoms with Gasteiger partial charge < -0.3 is 21.1 Å². The summed E-state index contributed by atoms with van der Waals surface area (Å²) in [4.78, 5) is 51.0. The van der Waals surface area contributed by atoms with Gasteiger partial charge in [0, 0.05) is 5.56 Å². The number of rotatable bonds is 10. The molecule has 2 rings (SSSR count). The van der Waals surface area contributed by atoms with Gasteiger partial charge in [0.25, 0.3) is 11.8 Å². The Labute approximate surface area is 234 Å². The monoisotopic (exact) mass is 585 g/mol. The molecule has 14 heteroatoms. The summed E-state index contributed by atoms with van der Waals surface area (Å²) >= 11 is 6.00. The van der Waals surface area contributed by atoms with Gasteiger partial charge in [-0.3, -0.25) is 24.6 Å². The molecule has 2 aromatic carbocycles. The molecule has 0 fully saturated rings. The third-order valence-electron chi connectivity index (χ3n) is 5.51. The van der Waals surface area contributed by atoms with Crippen molar-refractivity contribution in [2.75, 3.05) is 18.9 Å². The molecule has 0 aliphatic heterocycles. The van der Waals surface area contributed by atoms with Gasteiger partial charge in [0.2, 0.25) is 5.91 Å². The van der Waals surface area contributed by atoms with Crippen molar-refractivity contribution >= 4 is 41.0 Å². The SMILES string of the molecule is CCOC(=O)CNNC(=O)C(NC(=O)[C@@H](NC(=O)c1ccc(N)c(Cl)c1)C(C)(C)C)c1cccc(C(F)(F)F)c1. The zero-order chi connectivity index (χ0) is 30.3. The summed E-state index contributed by atoms with van der Waals surface area (Å²) in [6, 6.07) is 5.10. The summed E-state index contributed by atoms with van der Waals surface area (Å²) in [5.74, 6) is -3.19. The number of hydrazine groups is 1. The summed E-state index contributed by atoms with van der Waals surface area (Å²) in [6.07, 6.45) is -4.72. The van der Waals surface area contributed by atoms with Crippen molar-refractivity contribution in [3.63, 3.8) is 0 Å². The number of anilines is 1. The number of halogens is 4. The van der Waals surface area contributed by atoms with Crippen LogP contribution in [-0.4, -0.2) is 42.9 Å². The smallest absolute Gasteiger partial charge is 0.416 e. The summed E-state index contributed by atoms with van der Waals surface area (Å²) in [5, 5.41) is 5.13. The largest absolute Gasteiger partial charge is 0.465 e. The van der Waals surface area contributed by atoms with Crippen LogP contribution in [0.2, 0.25) is 5.02 Å². The fraction of sp³-hybridized carbons (Fsp3) is 0.385. The second-order valence-corrected chi connectivity index (χ2v) is 10.1. The van der Waals surface area contributed by atoms with E-state index in [-0.39, 0.29) is 28.4 Å². The maximum absolute atomic E-state index is 13.4. The molecule has 0 spiro atoms. The van der Waals surface area contributed by atoms with Gasteiger partial charge in [-0.25, -0.2) is 5.43 Å². The Morgan fingerprint density at radius 2 is 1.68 bits per heavy atom. The van der Waals surface area contributed by atoms with Crippen LogP contribution in [0.25, 0.3) is 0 Å². The number of nitrogen functional groups attached to an aromatic ring is 1. The fourth-order valence-electron chi connectivity index (χ4n) is 3.47. The molecule has 10 nitrogen and oxygen atoms in total. The number of nitrogens with two attached hydrogens (primary N) is 1. The second kappa shape index (κ2) is 13.5. The van der Waals surface area contributed by atoms with Gasteiger partial charge in [0.1, 0.15) is 18.6 Å². The predicted octanol–water partition coefficient (Wildman–Crippen LogP) is 3.13. The molecule has 2 atom stereocenters. The van der Waals surface area contributed by atoms with E-state index in [0.29, 0.717) is 0 Å². The lowest BCUT2D eigenvalue weighted by atomic mass is 9.85. The zero-order valence-electron chi connectivity index (χ0n) is 22.2. The standard InChI is InChI=1S/C26H31ClF3N5O5/c1-5-40-19(36)13-32-35-23(38)20(14-7-6-8-16(11-14)26(28,29)30)33-24(39)21(25(2,3)4)34-22(37)15-9-10-18(31)17(27)12-15/h6-12,20-21,32H,5,13,31H2,1-4H3,(H,33,39)(H,34,37)(H,35,38)/t20?,21-/m1/s1. The number of nitrogens with one attached hydrogen (secondary N) is 4. The first-order valence-electron chi connectivity index (χ1n) is 12.1. The molecule has 0 bridgehead atoms. The first-order valence-corrected chi connectivity index (χ1v) is 12.4. The van der Waals surface area contributed by atoms with Crippen LogP contribution in [0.1, 0.15) is 55.2 Å². The minimum Gasteiger partial charge on any atom is -0.465 e. The highest BCUT2D eigenvalue weighted by Gasteiger charge is 2.37. The number of carbonyl (C=O) groups is 4. The minimum absolute atomic E-state index is 0.0971. The van der Waals surface area contributed by atoms with Gasteiger partial charge in [-0.05, 0) is 48.2 Å². The van der Waals surface area contributed by atoms with Crippen molar-refractivity contribution < 1.29 is 37.1 Å². The summed E-state index contributed by atoms with van der Waals surface area (Å²) in [6.45, 7) is 6.19. The van der Waals surface area contributed by atoms with Crippen LogP contribution in [0.3, 0.4) is 0 Å². The molecule has 0 radical (unpaired) electrons. The number of amides is 3. The van der Waals surface area contributed by atoms with Gasteiger partial charge in [-0.2, -0.15) is 13.2 Å². The first kappa shape index (κ1) is 32.4. The van der Waals surface area contributed by atoms with E-state index in [9.17, 15) is 32.3 Å². The number of alkyl halides is 3. The maximum Gasteiger partial charge on any atom is 0.416 e. The van der Waals surface area contributed by atoms with Crippen molar-refractivity contribution in [1.29, 1.82) is 0 Å². The quantitative estimate of drug-likeness (QED) is 0.163. The Balaban J connectivity index is 2.36. The van der Waals surface area contributed by atoms with Crippen molar-refractivity contribution in [1.82, 2.24) is 21.5 Å². The van der Waals surface area contributed by atoms with Crippen molar-refractivity contribution in [3.8, 4) is 0 Å². The van der Waals surface area contributed by atoms with E-state index >= 15 is 0 Å². The lowest BCUT2D eigenvalue weighted by Gasteiger charge is -2.32. The van der Waals surface area contributed by atoms with E-state index in [2.05, 4.69) is 21.5 Å². The van der Waals surface area contributed by atoms with Crippen LogP contribution in [0.4, 0.5) is 18.9 Å². The third-order valence-corrected chi connectivity index (χ3v) is 5.84. The highest BCUT2D eigenvalue weighted by atomic mass is 35.5. The Kier molecular flexibility index (Phi) is 10.9. The number of hydrogen-bond donors (Lipinski definition) is 5. The fourth-order valence-corrected chi connectivity index (χ4v) is 3.65. The number of esters is 1. The van der Waals surface area contributed by atoms with E-state index < -0.39 is 59.5 Å². The maximum atomic E-state index is 13.4. The molecule has 0 aromatic heterocycles. The molecule has 0 aliphatic rings. The molecular formula is C26H31ClF3N5O5. The highest BCUT2D eigenvalue weighted by Crippen LogP contribution is 2.31. The zero-order valence-corrected chi connectivity index (χ0v) is 23.0. The minimum atomic E-state index is -4.72. The molecule has 0 saturated carbocycles. The van der Waals surface area contributed by atoms with Crippen LogP contribution in [0.15, 0.2) is 42.5 Å². The van der Waals surface area contributed by atoms with Crippen molar-refractivity contribution in [3.05, 3.63) is 64.2 Å². The van der Waals surface area contributed by atoms with Gasteiger partial charge in [-0.1, -0.05) is 44.5 Å². The van der Waals surface area contributed by atoms with E-state index in [1.54, 1.807) is 27.7 Å². The van der Waals surface area contributed by atoms with Crippen molar-refractivity contribution in [2.45, 2.75) is 46.0 Å². The molecule has 0 heterocycles. The number of ether oxygens (including phenoxy) is 1. The predicted molar refractivity (Wildman–Crippen MR) is 142 cm³/mol. The second-order valence-electron chi connectivity index (χ2n) is 9.72. The summed E-state index contributed by atoms with van der Waals surface area (Å²) in [5.41, 5.74) is 8.40. The van der Waals surface area contributed by atoms with Crippen molar-refractivity contribution in [2.24, 2.45) is 5.41 Å². The average Bonchev–Trinajstić information content (AvgIpc) is 2.86. The van der Waals surface area contributed by atoms with E-state index in [0.717, 1.165) is 18.2 Å². The lowest BCUT2D eigenvalue weighted by Crippen LogP contribution is -2.56. The molecule has 40 heavy (non-hydrogen) atoms. The number of carbonyl (C=O) groups excluding carboxylic acids is 4. The van der Waals surface area contributed by atoms with Crippen LogP contribution >= 0.6 is 11.6 Å². The van der Waals surface area contributed by atoms with Crippen LogP contribution in [0, 0.1) is 5.41 Å². The molecule has 2 aromatic rings. The number of benzene rings is 2.